The Bertz CT molecular complexity index is 257. The second kappa shape index (κ2) is 8.38. The fourth-order valence-corrected chi connectivity index (χ4v) is 3.31. The van der Waals surface area contributed by atoms with Crippen molar-refractivity contribution in [3.8, 4) is 0 Å². The Morgan fingerprint density at radius 3 is 2.35 bits per heavy atom. The van der Waals surface area contributed by atoms with Gasteiger partial charge in [0.15, 0.2) is 0 Å². The molecule has 2 nitrogen and oxygen atoms in total. The van der Waals surface area contributed by atoms with E-state index in [4.69, 9.17) is 4.74 Å². The molecule has 1 rings (SSSR count). The molecule has 1 saturated carbocycles. The van der Waals surface area contributed by atoms with Crippen LogP contribution in [0.4, 0.5) is 0 Å². The normalized spacial score (nSPS) is 26.6. The van der Waals surface area contributed by atoms with Crippen LogP contribution in [-0.2, 0) is 4.74 Å². The highest BCUT2D eigenvalue weighted by atomic mass is 16.5. The van der Waals surface area contributed by atoms with Gasteiger partial charge in [-0.15, -0.1) is 0 Å². The standard InChI is InChI=1S/C18H37NO/c1-7-20-13-17(14(2)3)19-16-10-8-9-15(11-12-16)18(4,5)6/h14-17,19H,7-13H2,1-6H3. The first-order valence-corrected chi connectivity index (χ1v) is 8.68. The maximum atomic E-state index is 5.64. The van der Waals surface area contributed by atoms with Crippen LogP contribution < -0.4 is 5.32 Å². The Hall–Kier alpha value is -0.0800. The molecule has 0 bridgehead atoms. The highest BCUT2D eigenvalue weighted by Crippen LogP contribution is 2.36. The third-order valence-electron chi connectivity index (χ3n) is 4.95. The summed E-state index contributed by atoms with van der Waals surface area (Å²) in [5.41, 5.74) is 0.470. The van der Waals surface area contributed by atoms with Crippen LogP contribution in [0, 0.1) is 17.3 Å². The van der Waals surface area contributed by atoms with Crippen LogP contribution in [0.25, 0.3) is 0 Å². The minimum absolute atomic E-state index is 0.470. The smallest absolute Gasteiger partial charge is 0.0622 e. The van der Waals surface area contributed by atoms with Crippen molar-refractivity contribution in [2.75, 3.05) is 13.2 Å². The van der Waals surface area contributed by atoms with Gasteiger partial charge in [0.2, 0.25) is 0 Å². The zero-order valence-electron chi connectivity index (χ0n) is 14.7. The van der Waals surface area contributed by atoms with E-state index in [0.29, 0.717) is 23.4 Å². The predicted molar refractivity (Wildman–Crippen MR) is 88.1 cm³/mol. The first kappa shape index (κ1) is 18.0. The lowest BCUT2D eigenvalue weighted by Crippen LogP contribution is -2.44. The minimum atomic E-state index is 0.470. The minimum Gasteiger partial charge on any atom is -0.380 e. The van der Waals surface area contributed by atoms with E-state index < -0.39 is 0 Å². The van der Waals surface area contributed by atoms with Crippen molar-refractivity contribution < 1.29 is 4.74 Å². The largest absolute Gasteiger partial charge is 0.380 e. The average Bonchev–Trinajstić information content (AvgIpc) is 2.59. The Labute approximate surface area is 127 Å². The number of rotatable bonds is 6. The summed E-state index contributed by atoms with van der Waals surface area (Å²) >= 11 is 0. The fourth-order valence-electron chi connectivity index (χ4n) is 3.31. The molecule has 20 heavy (non-hydrogen) atoms. The molecule has 1 N–H and O–H groups in total. The summed E-state index contributed by atoms with van der Waals surface area (Å²) in [6, 6.07) is 1.20. The summed E-state index contributed by atoms with van der Waals surface area (Å²) in [5.74, 6) is 1.53. The van der Waals surface area contributed by atoms with Crippen LogP contribution in [0.3, 0.4) is 0 Å². The van der Waals surface area contributed by atoms with E-state index in [1.165, 1.54) is 32.1 Å². The van der Waals surface area contributed by atoms with Gasteiger partial charge in [-0.05, 0) is 49.9 Å². The van der Waals surface area contributed by atoms with E-state index in [9.17, 15) is 0 Å². The molecule has 0 spiro atoms. The van der Waals surface area contributed by atoms with E-state index in [0.717, 1.165) is 19.1 Å². The zero-order chi connectivity index (χ0) is 15.2. The lowest BCUT2D eigenvalue weighted by atomic mass is 9.76. The lowest BCUT2D eigenvalue weighted by Gasteiger charge is -2.30. The molecule has 0 aromatic carbocycles. The van der Waals surface area contributed by atoms with Crippen molar-refractivity contribution in [1.82, 2.24) is 5.32 Å². The van der Waals surface area contributed by atoms with Crippen LogP contribution in [-0.4, -0.2) is 25.3 Å². The predicted octanol–water partition coefficient (Wildman–Crippen LogP) is 4.63. The Balaban J connectivity index is 2.47. The maximum absolute atomic E-state index is 5.64. The van der Waals surface area contributed by atoms with Gasteiger partial charge >= 0.3 is 0 Å². The SMILES string of the molecule is CCOCC(NC1CCCC(C(C)(C)C)CC1)C(C)C. The van der Waals surface area contributed by atoms with Gasteiger partial charge in [0.05, 0.1) is 6.61 Å². The van der Waals surface area contributed by atoms with Gasteiger partial charge < -0.3 is 10.1 Å². The van der Waals surface area contributed by atoms with Crippen LogP contribution in [0.1, 0.15) is 73.6 Å². The van der Waals surface area contributed by atoms with Gasteiger partial charge in [-0.3, -0.25) is 0 Å². The van der Waals surface area contributed by atoms with E-state index in [1.54, 1.807) is 0 Å². The molecule has 0 aromatic heterocycles. The molecule has 3 unspecified atom stereocenters. The van der Waals surface area contributed by atoms with Gasteiger partial charge in [0.25, 0.3) is 0 Å². The summed E-state index contributed by atoms with van der Waals surface area (Å²) < 4.78 is 5.64. The quantitative estimate of drug-likeness (QED) is 0.717. The third kappa shape index (κ3) is 6.13. The van der Waals surface area contributed by atoms with Gasteiger partial charge in [-0.2, -0.15) is 0 Å². The maximum Gasteiger partial charge on any atom is 0.0622 e. The number of nitrogens with one attached hydrogen (secondary N) is 1. The number of hydrogen-bond donors (Lipinski definition) is 1. The molecular weight excluding hydrogens is 246 g/mol. The molecule has 0 heterocycles. The van der Waals surface area contributed by atoms with E-state index in [-0.39, 0.29) is 0 Å². The first-order chi connectivity index (χ1) is 9.34. The summed E-state index contributed by atoms with van der Waals surface area (Å²) in [7, 11) is 0. The molecule has 0 amide bonds. The fraction of sp³-hybridized carbons (Fsp3) is 1.00. The molecule has 3 atom stereocenters. The van der Waals surface area contributed by atoms with E-state index in [1.807, 2.05) is 0 Å². The summed E-state index contributed by atoms with van der Waals surface area (Å²) in [4.78, 5) is 0. The summed E-state index contributed by atoms with van der Waals surface area (Å²) in [6.07, 6.45) is 6.82. The molecule has 0 aromatic rings. The van der Waals surface area contributed by atoms with Crippen LogP contribution in [0.2, 0.25) is 0 Å². The molecule has 2 heteroatoms. The lowest BCUT2D eigenvalue weighted by molar-refractivity contribution is 0.102. The number of hydrogen-bond acceptors (Lipinski definition) is 2. The van der Waals surface area contributed by atoms with Crippen molar-refractivity contribution in [3.63, 3.8) is 0 Å². The molecule has 1 aliphatic rings. The second-order valence-corrected chi connectivity index (χ2v) is 7.94. The highest BCUT2D eigenvalue weighted by Gasteiger charge is 2.28. The van der Waals surface area contributed by atoms with Crippen molar-refractivity contribution in [3.05, 3.63) is 0 Å². The molecule has 0 aliphatic heterocycles. The topological polar surface area (TPSA) is 21.3 Å². The molecule has 1 aliphatic carbocycles. The summed E-state index contributed by atoms with van der Waals surface area (Å²) in [6.45, 7) is 15.6. The van der Waals surface area contributed by atoms with Crippen LogP contribution in [0.15, 0.2) is 0 Å². The zero-order valence-corrected chi connectivity index (χ0v) is 14.7. The van der Waals surface area contributed by atoms with Gasteiger partial charge in [0.1, 0.15) is 0 Å². The highest BCUT2D eigenvalue weighted by molar-refractivity contribution is 4.83. The summed E-state index contributed by atoms with van der Waals surface area (Å²) in [5, 5.41) is 3.88. The molecule has 1 fully saturated rings. The Morgan fingerprint density at radius 1 is 1.10 bits per heavy atom. The van der Waals surface area contributed by atoms with Crippen molar-refractivity contribution in [2.45, 2.75) is 85.7 Å². The third-order valence-corrected chi connectivity index (χ3v) is 4.95. The van der Waals surface area contributed by atoms with E-state index >= 15 is 0 Å². The number of ether oxygens (including phenoxy) is 1. The molecule has 0 radical (unpaired) electrons. The van der Waals surface area contributed by atoms with E-state index in [2.05, 4.69) is 46.9 Å². The monoisotopic (exact) mass is 283 g/mol. The second-order valence-electron chi connectivity index (χ2n) is 7.94. The first-order valence-electron chi connectivity index (χ1n) is 8.68. The Kier molecular flexibility index (Phi) is 7.53. The molecular formula is C18H37NO. The van der Waals surface area contributed by atoms with Crippen molar-refractivity contribution in [1.29, 1.82) is 0 Å². The van der Waals surface area contributed by atoms with Gasteiger partial charge in [0, 0.05) is 18.7 Å². The van der Waals surface area contributed by atoms with Crippen molar-refractivity contribution in [2.24, 2.45) is 17.3 Å². The van der Waals surface area contributed by atoms with Crippen LogP contribution in [0.5, 0.6) is 0 Å². The molecule has 0 saturated heterocycles. The van der Waals surface area contributed by atoms with Crippen LogP contribution >= 0.6 is 0 Å². The Morgan fingerprint density at radius 2 is 1.80 bits per heavy atom. The average molecular weight is 284 g/mol. The van der Waals surface area contributed by atoms with Crippen molar-refractivity contribution >= 4 is 0 Å². The van der Waals surface area contributed by atoms with Gasteiger partial charge in [-0.25, -0.2) is 0 Å². The van der Waals surface area contributed by atoms with Gasteiger partial charge in [-0.1, -0.05) is 41.0 Å². The molecule has 120 valence electrons.